The Hall–Kier alpha value is 3.23. The normalized spacial score (nSPS) is 8.43. The molecular formula is KO4PSr. The summed E-state index contributed by atoms with van der Waals surface area (Å²) in [6, 6.07) is 0. The van der Waals surface area contributed by atoms with Crippen LogP contribution in [0.2, 0.25) is 0 Å². The Labute approximate surface area is 121 Å². The molecule has 4 nitrogen and oxygen atoms in total. The predicted molar refractivity (Wildman–Crippen MR) is 13.4 cm³/mol. The molecule has 0 aromatic carbocycles. The Bertz CT molecular complexity index is 57.8. The van der Waals surface area contributed by atoms with Gasteiger partial charge in [-0.25, -0.2) is 0 Å². The van der Waals surface area contributed by atoms with Gasteiger partial charge in [0.25, 0.3) is 0 Å². The largest absolute Gasteiger partial charge is 2.00 e. The van der Waals surface area contributed by atoms with Crippen LogP contribution in [0.1, 0.15) is 0 Å². The van der Waals surface area contributed by atoms with Gasteiger partial charge in [-0.05, 0) is 0 Å². The standard InChI is InChI=1S/K.H3O4P.Sr/c;1-5(2,3)4;/h;(H3,1,2,3,4);/q+1;;+2/p-3. The molecule has 0 saturated heterocycles. The van der Waals surface area contributed by atoms with Crippen molar-refractivity contribution in [3.8, 4) is 0 Å². The molecule has 0 aliphatic rings. The maximum absolute atomic E-state index is 8.55. The SMILES string of the molecule is O=P([O-])([O-])[O-].[K+].[Sr+2]. The van der Waals surface area contributed by atoms with E-state index in [0.29, 0.717) is 0 Å². The summed E-state index contributed by atoms with van der Waals surface area (Å²) < 4.78 is 8.55. The maximum atomic E-state index is 8.55. The van der Waals surface area contributed by atoms with Crippen molar-refractivity contribution in [1.82, 2.24) is 0 Å². The van der Waals surface area contributed by atoms with Crippen molar-refractivity contribution in [3.05, 3.63) is 0 Å². The van der Waals surface area contributed by atoms with Gasteiger partial charge in [-0.3, -0.25) is 0 Å². The Kier molecular flexibility index (Phi) is 17.5. The van der Waals surface area contributed by atoms with Crippen molar-refractivity contribution >= 4 is 53.3 Å². The van der Waals surface area contributed by atoms with Gasteiger partial charge in [0.15, 0.2) is 0 Å². The Balaban J connectivity index is -0.0000000800. The average molecular weight is 222 g/mol. The summed E-state index contributed by atoms with van der Waals surface area (Å²) in [5, 5.41) is 0. The van der Waals surface area contributed by atoms with E-state index >= 15 is 0 Å². The summed E-state index contributed by atoms with van der Waals surface area (Å²) in [5.74, 6) is 0. The van der Waals surface area contributed by atoms with Gasteiger partial charge < -0.3 is 19.2 Å². The fourth-order valence-corrected chi connectivity index (χ4v) is 0. The fourth-order valence-electron chi connectivity index (χ4n) is 0. The molecule has 32 valence electrons. The summed E-state index contributed by atoms with van der Waals surface area (Å²) in [7, 11) is -5.39. The van der Waals surface area contributed by atoms with Crippen LogP contribution in [0.4, 0.5) is 0 Å². The maximum Gasteiger partial charge on any atom is 2.00 e. The molecule has 7 heteroatoms. The van der Waals surface area contributed by atoms with Gasteiger partial charge in [-0.1, -0.05) is 0 Å². The van der Waals surface area contributed by atoms with Crippen LogP contribution < -0.4 is 66.1 Å². The summed E-state index contributed by atoms with van der Waals surface area (Å²) in [5.41, 5.74) is 0. The van der Waals surface area contributed by atoms with Gasteiger partial charge in [0, 0.05) is 0 Å². The molecule has 0 N–H and O–H groups in total. The van der Waals surface area contributed by atoms with Crippen LogP contribution in [0.3, 0.4) is 0 Å². The van der Waals surface area contributed by atoms with E-state index < -0.39 is 7.82 Å². The van der Waals surface area contributed by atoms with Gasteiger partial charge in [-0.15, -0.1) is 0 Å². The molecule has 0 heterocycles. The minimum absolute atomic E-state index is 0. The van der Waals surface area contributed by atoms with Gasteiger partial charge >= 0.3 is 96.9 Å². The molecule has 0 amide bonds. The third-order valence-corrected chi connectivity index (χ3v) is 0. The first kappa shape index (κ1) is 16.7. The Morgan fingerprint density at radius 3 is 1.14 bits per heavy atom. The third-order valence-electron chi connectivity index (χ3n) is 0. The van der Waals surface area contributed by atoms with E-state index in [1.807, 2.05) is 0 Å². The van der Waals surface area contributed by atoms with Crippen molar-refractivity contribution < 1.29 is 70.6 Å². The van der Waals surface area contributed by atoms with Crippen molar-refractivity contribution in [2.24, 2.45) is 0 Å². The van der Waals surface area contributed by atoms with Gasteiger partial charge in [0.05, 0.1) is 0 Å². The molecule has 0 rings (SSSR count). The first-order valence-corrected chi connectivity index (χ1v) is 2.19. The van der Waals surface area contributed by atoms with Crippen molar-refractivity contribution in [1.29, 1.82) is 0 Å². The molecule has 0 fully saturated rings. The summed E-state index contributed by atoms with van der Waals surface area (Å²) in [6.45, 7) is 0. The van der Waals surface area contributed by atoms with Crippen LogP contribution in [-0.2, 0) is 4.57 Å². The molecule has 0 radical (unpaired) electrons. The molecular weight excluding hydrogens is 222 g/mol. The Morgan fingerprint density at radius 1 is 1.14 bits per heavy atom. The van der Waals surface area contributed by atoms with E-state index in [2.05, 4.69) is 0 Å². The van der Waals surface area contributed by atoms with Crippen LogP contribution in [0.5, 0.6) is 0 Å². The number of hydrogen-bond donors (Lipinski definition) is 0. The van der Waals surface area contributed by atoms with Crippen LogP contribution in [0.25, 0.3) is 0 Å². The molecule has 0 aromatic heterocycles. The van der Waals surface area contributed by atoms with E-state index in [-0.39, 0.29) is 96.9 Å². The number of hydrogen-bond acceptors (Lipinski definition) is 4. The average Bonchev–Trinajstić information content (AvgIpc) is 0.722. The first-order valence-electron chi connectivity index (χ1n) is 0.730. The molecule has 0 atom stereocenters. The van der Waals surface area contributed by atoms with Crippen LogP contribution in [-0.4, -0.2) is 45.5 Å². The molecule has 0 aliphatic heterocycles. The van der Waals surface area contributed by atoms with E-state index in [9.17, 15) is 0 Å². The Morgan fingerprint density at radius 2 is 1.14 bits per heavy atom. The van der Waals surface area contributed by atoms with E-state index in [0.717, 1.165) is 0 Å². The summed E-state index contributed by atoms with van der Waals surface area (Å²) in [4.78, 5) is 25.6. The second-order valence-electron chi connectivity index (χ2n) is 0.447. The second kappa shape index (κ2) is 7.34. The van der Waals surface area contributed by atoms with Crippen LogP contribution >= 0.6 is 7.82 Å². The minimum atomic E-state index is -5.39. The fraction of sp³-hybridized carbons (Fsp3) is 0. The van der Waals surface area contributed by atoms with Crippen LogP contribution in [0, 0.1) is 0 Å². The monoisotopic (exact) mass is 222 g/mol. The molecule has 0 unspecified atom stereocenters. The summed E-state index contributed by atoms with van der Waals surface area (Å²) >= 11 is 0. The zero-order valence-electron chi connectivity index (χ0n) is 3.79. The van der Waals surface area contributed by atoms with E-state index in [4.69, 9.17) is 19.2 Å². The third kappa shape index (κ3) is 46.3. The second-order valence-corrected chi connectivity index (χ2v) is 1.34. The number of rotatable bonds is 0. The smallest absolute Gasteiger partial charge is 0.822 e. The van der Waals surface area contributed by atoms with Crippen molar-refractivity contribution in [2.45, 2.75) is 0 Å². The quantitative estimate of drug-likeness (QED) is 0.301. The zero-order chi connectivity index (χ0) is 4.50. The van der Waals surface area contributed by atoms with Crippen molar-refractivity contribution in [2.75, 3.05) is 0 Å². The van der Waals surface area contributed by atoms with E-state index in [1.54, 1.807) is 0 Å². The van der Waals surface area contributed by atoms with Crippen LogP contribution in [0.15, 0.2) is 0 Å². The van der Waals surface area contributed by atoms with Gasteiger partial charge in [-0.2, -0.15) is 7.82 Å². The molecule has 0 bridgehead atoms. The summed E-state index contributed by atoms with van der Waals surface area (Å²) in [6.07, 6.45) is 0. The zero-order valence-corrected chi connectivity index (χ0v) is 11.3. The molecule has 0 aliphatic carbocycles. The molecule has 7 heavy (non-hydrogen) atoms. The minimum Gasteiger partial charge on any atom is -0.822 e. The van der Waals surface area contributed by atoms with Gasteiger partial charge in [0.2, 0.25) is 0 Å². The first-order chi connectivity index (χ1) is 2.00. The van der Waals surface area contributed by atoms with Crippen molar-refractivity contribution in [3.63, 3.8) is 0 Å². The predicted octanol–water partition coefficient (Wildman–Crippen LogP) is -6.20. The van der Waals surface area contributed by atoms with E-state index in [1.165, 1.54) is 0 Å². The topological polar surface area (TPSA) is 86.2 Å². The number of phosphoric acid groups is 1. The molecule has 0 spiro atoms. The molecule has 0 aromatic rings. The molecule has 0 saturated carbocycles. The van der Waals surface area contributed by atoms with Gasteiger partial charge in [0.1, 0.15) is 0 Å².